The van der Waals surface area contributed by atoms with Crippen LogP contribution in [0, 0.1) is 11.3 Å². The van der Waals surface area contributed by atoms with Gasteiger partial charge in [0.05, 0.1) is 40.6 Å². The Bertz CT molecular complexity index is 803. The van der Waals surface area contributed by atoms with Gasteiger partial charge in [-0.25, -0.2) is 0 Å². The predicted octanol–water partition coefficient (Wildman–Crippen LogP) is 3.40. The second-order valence-corrected chi connectivity index (χ2v) is 5.52. The van der Waals surface area contributed by atoms with Gasteiger partial charge in [0.25, 0.3) is 0 Å². The average Bonchev–Trinajstić information content (AvgIpc) is 2.72. The zero-order valence-corrected chi connectivity index (χ0v) is 16.4. The molecule has 0 radical (unpaired) electrons. The van der Waals surface area contributed by atoms with Crippen molar-refractivity contribution in [1.82, 2.24) is 0 Å². The summed E-state index contributed by atoms with van der Waals surface area (Å²) in [5.41, 5.74) is 1.40. The molecule has 0 aliphatic carbocycles. The molecule has 1 atom stereocenters. The smallest absolute Gasteiger partial charge is 0.203 e. The lowest BCUT2D eigenvalue weighted by Crippen LogP contribution is -2.04. The topological polar surface area (TPSA) is 101 Å². The SMILES string of the molecule is C=CC#N.COc1ccc(C[C@@H](O)c2cc(OC)c(OC)c(OC)c2)cc1O. The Morgan fingerprint density at radius 1 is 1.00 bits per heavy atom. The van der Waals surface area contributed by atoms with E-state index in [0.29, 0.717) is 35.0 Å². The number of nitriles is 1. The Kier molecular flexibility index (Phi) is 9.20. The van der Waals surface area contributed by atoms with Crippen molar-refractivity contribution in [3.8, 4) is 34.8 Å². The molecule has 0 aromatic heterocycles. The van der Waals surface area contributed by atoms with Crippen molar-refractivity contribution in [2.45, 2.75) is 12.5 Å². The number of benzene rings is 2. The van der Waals surface area contributed by atoms with Gasteiger partial charge >= 0.3 is 0 Å². The van der Waals surface area contributed by atoms with E-state index in [4.69, 9.17) is 24.2 Å². The number of ether oxygens (including phenoxy) is 4. The maximum absolute atomic E-state index is 10.5. The summed E-state index contributed by atoms with van der Waals surface area (Å²) < 4.78 is 20.9. The largest absolute Gasteiger partial charge is 0.504 e. The molecule has 0 heterocycles. The quantitative estimate of drug-likeness (QED) is 0.702. The minimum Gasteiger partial charge on any atom is -0.504 e. The van der Waals surface area contributed by atoms with Crippen molar-refractivity contribution in [1.29, 1.82) is 5.26 Å². The van der Waals surface area contributed by atoms with Crippen LogP contribution in [-0.2, 0) is 6.42 Å². The molecule has 2 aromatic carbocycles. The van der Waals surface area contributed by atoms with Crippen LogP contribution >= 0.6 is 0 Å². The van der Waals surface area contributed by atoms with Gasteiger partial charge in [0, 0.05) is 12.5 Å². The second kappa shape index (κ2) is 11.4. The van der Waals surface area contributed by atoms with Crippen molar-refractivity contribution in [3.05, 3.63) is 54.1 Å². The highest BCUT2D eigenvalue weighted by Crippen LogP contribution is 2.40. The number of hydrogen-bond acceptors (Lipinski definition) is 7. The van der Waals surface area contributed by atoms with Crippen LogP contribution in [0.2, 0.25) is 0 Å². The van der Waals surface area contributed by atoms with Gasteiger partial charge in [-0.2, -0.15) is 5.26 Å². The van der Waals surface area contributed by atoms with E-state index in [1.165, 1.54) is 34.5 Å². The van der Waals surface area contributed by atoms with Crippen molar-refractivity contribution in [2.75, 3.05) is 28.4 Å². The minimum absolute atomic E-state index is 0.0343. The van der Waals surface area contributed by atoms with Crippen LogP contribution in [0.3, 0.4) is 0 Å². The third kappa shape index (κ3) is 5.83. The lowest BCUT2D eigenvalue weighted by Gasteiger charge is -2.17. The Balaban J connectivity index is 0.000000892. The molecule has 2 N–H and O–H groups in total. The fraction of sp³-hybridized carbons (Fsp3) is 0.286. The molecule has 0 saturated carbocycles. The monoisotopic (exact) mass is 387 g/mol. The third-order valence-corrected chi connectivity index (χ3v) is 3.84. The summed E-state index contributed by atoms with van der Waals surface area (Å²) in [5, 5.41) is 27.9. The molecule has 0 amide bonds. The highest BCUT2D eigenvalue weighted by Gasteiger charge is 2.18. The number of aromatic hydroxyl groups is 1. The first-order valence-electron chi connectivity index (χ1n) is 8.30. The minimum atomic E-state index is -0.800. The van der Waals surface area contributed by atoms with Crippen molar-refractivity contribution in [3.63, 3.8) is 0 Å². The number of rotatable bonds is 7. The fourth-order valence-corrected chi connectivity index (χ4v) is 2.50. The Hall–Kier alpha value is -3.37. The van der Waals surface area contributed by atoms with Crippen LogP contribution < -0.4 is 18.9 Å². The molecule has 0 unspecified atom stereocenters. The van der Waals surface area contributed by atoms with Crippen LogP contribution in [0.1, 0.15) is 17.2 Å². The molecule has 28 heavy (non-hydrogen) atoms. The molecule has 0 saturated heterocycles. The first kappa shape index (κ1) is 22.7. The third-order valence-electron chi connectivity index (χ3n) is 3.84. The van der Waals surface area contributed by atoms with E-state index < -0.39 is 6.10 Å². The highest BCUT2D eigenvalue weighted by atomic mass is 16.5. The summed E-state index contributed by atoms with van der Waals surface area (Å²) in [6, 6.07) is 10.1. The molecule has 2 aromatic rings. The number of methoxy groups -OCH3 is 4. The van der Waals surface area contributed by atoms with Gasteiger partial charge in [-0.15, -0.1) is 0 Å². The Morgan fingerprint density at radius 2 is 1.54 bits per heavy atom. The van der Waals surface area contributed by atoms with Crippen molar-refractivity contribution in [2.24, 2.45) is 0 Å². The van der Waals surface area contributed by atoms with Crippen LogP contribution in [0.15, 0.2) is 43.0 Å². The lowest BCUT2D eigenvalue weighted by atomic mass is 10.00. The number of phenols is 1. The maximum Gasteiger partial charge on any atom is 0.203 e. The highest BCUT2D eigenvalue weighted by molar-refractivity contribution is 5.54. The number of aliphatic hydroxyl groups excluding tert-OH is 1. The predicted molar refractivity (Wildman–Crippen MR) is 105 cm³/mol. The van der Waals surface area contributed by atoms with Crippen LogP contribution in [0.5, 0.6) is 28.7 Å². The molecule has 7 nitrogen and oxygen atoms in total. The summed E-state index contributed by atoms with van der Waals surface area (Å²) in [6.07, 6.45) is 0.697. The summed E-state index contributed by atoms with van der Waals surface area (Å²) in [5.74, 6) is 1.85. The van der Waals surface area contributed by atoms with E-state index in [1.54, 1.807) is 36.4 Å². The summed E-state index contributed by atoms with van der Waals surface area (Å²) in [4.78, 5) is 0. The Morgan fingerprint density at radius 3 is 1.93 bits per heavy atom. The van der Waals surface area contributed by atoms with Gasteiger partial charge in [0.2, 0.25) is 5.75 Å². The van der Waals surface area contributed by atoms with Crippen molar-refractivity contribution >= 4 is 0 Å². The van der Waals surface area contributed by atoms with E-state index in [9.17, 15) is 10.2 Å². The number of nitrogens with zero attached hydrogens (tertiary/aromatic N) is 1. The molecule has 150 valence electrons. The van der Waals surface area contributed by atoms with Gasteiger partial charge in [-0.1, -0.05) is 12.6 Å². The molecule has 0 aliphatic rings. The van der Waals surface area contributed by atoms with E-state index in [0.717, 1.165) is 5.56 Å². The van der Waals surface area contributed by atoms with Crippen LogP contribution in [0.4, 0.5) is 0 Å². The zero-order chi connectivity index (χ0) is 21.1. The standard InChI is InChI=1S/C18H22O6.C3H3N/c1-21-15-6-5-11(8-14(15)20)7-13(19)12-9-16(22-2)18(24-4)17(10-12)23-3;1-2-3-4/h5-6,8-10,13,19-20H,7H2,1-4H3;2H,1H2/t13-;/m1./s1. The molecular weight excluding hydrogens is 362 g/mol. The normalized spacial score (nSPS) is 10.6. The Labute approximate surface area is 165 Å². The first-order valence-corrected chi connectivity index (χ1v) is 8.30. The van der Waals surface area contributed by atoms with Gasteiger partial charge in [0.15, 0.2) is 23.0 Å². The summed E-state index contributed by atoms with van der Waals surface area (Å²) in [7, 11) is 6.06. The molecule has 7 heteroatoms. The average molecular weight is 387 g/mol. The van der Waals surface area contributed by atoms with Gasteiger partial charge in [0.1, 0.15) is 0 Å². The molecule has 2 rings (SSSR count). The second-order valence-electron chi connectivity index (χ2n) is 5.52. The first-order chi connectivity index (χ1) is 13.4. The van der Waals surface area contributed by atoms with Gasteiger partial charge < -0.3 is 29.2 Å². The molecular formula is C21H25NO6. The molecule has 0 bridgehead atoms. The van der Waals surface area contributed by atoms with E-state index in [-0.39, 0.29) is 5.75 Å². The zero-order valence-electron chi connectivity index (χ0n) is 16.4. The number of hydrogen-bond donors (Lipinski definition) is 2. The summed E-state index contributed by atoms with van der Waals surface area (Å²) in [6.45, 7) is 3.12. The number of allylic oxidation sites excluding steroid dienone is 1. The van der Waals surface area contributed by atoms with E-state index in [1.807, 2.05) is 0 Å². The fourth-order valence-electron chi connectivity index (χ4n) is 2.50. The van der Waals surface area contributed by atoms with E-state index in [2.05, 4.69) is 6.58 Å². The molecule has 0 fully saturated rings. The number of phenolic OH excluding ortho intramolecular Hbond substituents is 1. The molecule has 0 aliphatic heterocycles. The van der Waals surface area contributed by atoms with E-state index >= 15 is 0 Å². The maximum atomic E-state index is 10.5. The lowest BCUT2D eigenvalue weighted by molar-refractivity contribution is 0.177. The van der Waals surface area contributed by atoms with Gasteiger partial charge in [-0.3, -0.25) is 0 Å². The number of aliphatic hydroxyl groups is 1. The van der Waals surface area contributed by atoms with Crippen LogP contribution in [-0.4, -0.2) is 38.7 Å². The van der Waals surface area contributed by atoms with Crippen molar-refractivity contribution < 1.29 is 29.2 Å². The molecule has 0 spiro atoms. The van der Waals surface area contributed by atoms with Gasteiger partial charge in [-0.05, 0) is 35.4 Å². The summed E-state index contributed by atoms with van der Waals surface area (Å²) >= 11 is 0. The van der Waals surface area contributed by atoms with Crippen LogP contribution in [0.25, 0.3) is 0 Å².